The predicted molar refractivity (Wildman–Crippen MR) is 98.7 cm³/mol. The largest absolute Gasteiger partial charge is 0.465 e. The van der Waals surface area contributed by atoms with Crippen LogP contribution >= 0.6 is 0 Å². The van der Waals surface area contributed by atoms with Crippen LogP contribution in [0.4, 0.5) is 9.18 Å². The van der Waals surface area contributed by atoms with Gasteiger partial charge in [-0.3, -0.25) is 4.40 Å². The van der Waals surface area contributed by atoms with E-state index in [0.717, 1.165) is 33.6 Å². The molecule has 4 aromatic rings. The minimum Gasteiger partial charge on any atom is -0.465 e. The Labute approximate surface area is 154 Å². The Hall–Kier alpha value is -3.74. The van der Waals surface area contributed by atoms with Crippen LogP contribution in [0.1, 0.15) is 5.56 Å². The Balaban J connectivity index is 1.63. The monoisotopic (exact) mass is 362 g/mol. The topological polar surface area (TPSA) is 79.5 Å². The van der Waals surface area contributed by atoms with Crippen molar-refractivity contribution in [2.45, 2.75) is 6.54 Å². The zero-order valence-electron chi connectivity index (χ0n) is 14.1. The van der Waals surface area contributed by atoms with E-state index in [9.17, 15) is 9.18 Å². The van der Waals surface area contributed by atoms with Gasteiger partial charge in [0, 0.05) is 30.1 Å². The molecular formula is C20H15FN4O2. The molecule has 0 fully saturated rings. The molecule has 4 rings (SSSR count). The van der Waals surface area contributed by atoms with Crippen molar-refractivity contribution in [3.8, 4) is 22.4 Å². The third kappa shape index (κ3) is 3.48. The number of carboxylic acid groups (broad SMARTS) is 1. The second-order valence-corrected chi connectivity index (χ2v) is 6.01. The molecule has 3 aromatic heterocycles. The van der Waals surface area contributed by atoms with E-state index in [2.05, 4.69) is 15.3 Å². The molecule has 0 aliphatic carbocycles. The number of hydrogen-bond donors (Lipinski definition) is 2. The zero-order chi connectivity index (χ0) is 18.8. The Morgan fingerprint density at radius 3 is 2.48 bits per heavy atom. The molecule has 0 aliphatic heterocycles. The van der Waals surface area contributed by atoms with E-state index >= 15 is 0 Å². The third-order valence-corrected chi connectivity index (χ3v) is 4.27. The molecule has 3 heterocycles. The fourth-order valence-electron chi connectivity index (χ4n) is 2.89. The van der Waals surface area contributed by atoms with Gasteiger partial charge in [-0.2, -0.15) is 4.39 Å². The highest BCUT2D eigenvalue weighted by atomic mass is 19.1. The van der Waals surface area contributed by atoms with Gasteiger partial charge in [0.1, 0.15) is 5.65 Å². The maximum atomic E-state index is 13.0. The summed E-state index contributed by atoms with van der Waals surface area (Å²) >= 11 is 0. The second-order valence-electron chi connectivity index (χ2n) is 6.01. The van der Waals surface area contributed by atoms with Crippen LogP contribution in [0.25, 0.3) is 28.0 Å². The van der Waals surface area contributed by atoms with Crippen molar-refractivity contribution in [2.75, 3.05) is 0 Å². The number of nitrogens with zero attached hydrogens (tertiary/aromatic N) is 3. The summed E-state index contributed by atoms with van der Waals surface area (Å²) < 4.78 is 15.0. The van der Waals surface area contributed by atoms with Crippen molar-refractivity contribution >= 4 is 11.7 Å². The van der Waals surface area contributed by atoms with E-state index in [1.165, 1.54) is 12.3 Å². The molecule has 0 spiro atoms. The van der Waals surface area contributed by atoms with Crippen molar-refractivity contribution < 1.29 is 14.3 Å². The van der Waals surface area contributed by atoms with Gasteiger partial charge in [0.05, 0.1) is 11.9 Å². The average Bonchev–Trinajstić information content (AvgIpc) is 3.10. The summed E-state index contributed by atoms with van der Waals surface area (Å²) in [6.45, 7) is 0.262. The number of fused-ring (bicyclic) bond motifs is 1. The minimum atomic E-state index is -1.05. The fraction of sp³-hybridized carbons (Fsp3) is 0.0500. The maximum absolute atomic E-state index is 13.0. The number of pyridine rings is 2. The maximum Gasteiger partial charge on any atom is 0.404 e. The molecule has 6 nitrogen and oxygen atoms in total. The molecule has 0 unspecified atom stereocenters. The SMILES string of the molecule is O=C(O)NCc1ccc(-c2cnc3cc(-c4ccc(F)nc4)ccn23)cc1. The van der Waals surface area contributed by atoms with E-state index in [1.54, 1.807) is 12.3 Å². The molecule has 7 heteroatoms. The highest BCUT2D eigenvalue weighted by Gasteiger charge is 2.08. The highest BCUT2D eigenvalue weighted by molar-refractivity contribution is 5.70. The predicted octanol–water partition coefficient (Wildman–Crippen LogP) is 3.97. The number of aromatic nitrogens is 3. The quantitative estimate of drug-likeness (QED) is 0.539. The van der Waals surface area contributed by atoms with Crippen molar-refractivity contribution in [1.82, 2.24) is 19.7 Å². The van der Waals surface area contributed by atoms with Gasteiger partial charge in [0.25, 0.3) is 0 Å². The first-order chi connectivity index (χ1) is 13.1. The number of imidazole rings is 1. The molecule has 27 heavy (non-hydrogen) atoms. The lowest BCUT2D eigenvalue weighted by Crippen LogP contribution is -2.19. The van der Waals surface area contributed by atoms with Gasteiger partial charge < -0.3 is 10.4 Å². The molecule has 0 saturated carbocycles. The zero-order valence-corrected chi connectivity index (χ0v) is 14.1. The minimum absolute atomic E-state index is 0.262. The van der Waals surface area contributed by atoms with Crippen LogP contribution < -0.4 is 5.32 Å². The smallest absolute Gasteiger partial charge is 0.404 e. The Kier molecular flexibility index (Phi) is 4.25. The molecule has 0 aliphatic rings. The average molecular weight is 362 g/mol. The lowest BCUT2D eigenvalue weighted by atomic mass is 10.1. The first-order valence-corrected chi connectivity index (χ1v) is 8.25. The number of carbonyl (C=O) groups is 1. The molecule has 0 saturated heterocycles. The normalized spacial score (nSPS) is 10.9. The number of amides is 1. The van der Waals surface area contributed by atoms with Gasteiger partial charge in [-0.25, -0.2) is 14.8 Å². The van der Waals surface area contributed by atoms with Crippen LogP contribution in [0.5, 0.6) is 0 Å². The van der Waals surface area contributed by atoms with Gasteiger partial charge in [-0.15, -0.1) is 0 Å². The first kappa shape index (κ1) is 16.7. The number of rotatable bonds is 4. The van der Waals surface area contributed by atoms with E-state index in [-0.39, 0.29) is 6.54 Å². The number of halogens is 1. The van der Waals surface area contributed by atoms with E-state index in [4.69, 9.17) is 5.11 Å². The van der Waals surface area contributed by atoms with Crippen molar-refractivity contribution in [2.24, 2.45) is 0 Å². The highest BCUT2D eigenvalue weighted by Crippen LogP contribution is 2.25. The summed E-state index contributed by atoms with van der Waals surface area (Å²) in [6.07, 6.45) is 4.14. The molecule has 0 atom stereocenters. The molecular weight excluding hydrogens is 347 g/mol. The molecule has 1 aromatic carbocycles. The summed E-state index contributed by atoms with van der Waals surface area (Å²) in [5, 5.41) is 11.0. The number of hydrogen-bond acceptors (Lipinski definition) is 3. The molecule has 1 amide bonds. The molecule has 2 N–H and O–H groups in total. The summed E-state index contributed by atoms with van der Waals surface area (Å²) in [6, 6.07) is 14.5. The number of benzene rings is 1. The van der Waals surface area contributed by atoms with E-state index in [1.807, 2.05) is 47.0 Å². The van der Waals surface area contributed by atoms with E-state index in [0.29, 0.717) is 0 Å². The van der Waals surface area contributed by atoms with Crippen LogP contribution in [0, 0.1) is 5.95 Å². The summed E-state index contributed by atoms with van der Waals surface area (Å²) in [5.74, 6) is -0.509. The summed E-state index contributed by atoms with van der Waals surface area (Å²) in [7, 11) is 0. The lowest BCUT2D eigenvalue weighted by molar-refractivity contribution is 0.194. The van der Waals surface area contributed by atoms with Crippen LogP contribution in [0.2, 0.25) is 0 Å². The Bertz CT molecular complexity index is 1110. The van der Waals surface area contributed by atoms with Crippen molar-refractivity contribution in [3.05, 3.63) is 78.6 Å². The summed E-state index contributed by atoms with van der Waals surface area (Å²) in [4.78, 5) is 18.7. The van der Waals surface area contributed by atoms with Gasteiger partial charge >= 0.3 is 6.09 Å². The van der Waals surface area contributed by atoms with Gasteiger partial charge in [0.2, 0.25) is 5.95 Å². The second kappa shape index (κ2) is 6.87. The van der Waals surface area contributed by atoms with Gasteiger partial charge in [0.15, 0.2) is 0 Å². The molecule has 0 radical (unpaired) electrons. The third-order valence-electron chi connectivity index (χ3n) is 4.27. The Morgan fingerprint density at radius 2 is 1.78 bits per heavy atom. The Morgan fingerprint density at radius 1 is 1.00 bits per heavy atom. The van der Waals surface area contributed by atoms with Crippen molar-refractivity contribution in [3.63, 3.8) is 0 Å². The van der Waals surface area contributed by atoms with Gasteiger partial charge in [-0.1, -0.05) is 24.3 Å². The first-order valence-electron chi connectivity index (χ1n) is 8.25. The van der Waals surface area contributed by atoms with Crippen LogP contribution in [-0.2, 0) is 6.54 Å². The lowest BCUT2D eigenvalue weighted by Gasteiger charge is -2.06. The standard InChI is InChI=1S/C20H15FN4O2/c21-18-6-5-16(11-22-18)15-7-8-25-17(12-23-19(25)9-15)14-3-1-13(2-4-14)10-24-20(26)27/h1-9,11-12,24H,10H2,(H,26,27). The van der Waals surface area contributed by atoms with Crippen LogP contribution in [0.3, 0.4) is 0 Å². The number of nitrogens with one attached hydrogen (secondary N) is 1. The van der Waals surface area contributed by atoms with Crippen LogP contribution in [0.15, 0.2) is 67.1 Å². The fourth-order valence-corrected chi connectivity index (χ4v) is 2.89. The van der Waals surface area contributed by atoms with Crippen molar-refractivity contribution in [1.29, 1.82) is 0 Å². The van der Waals surface area contributed by atoms with E-state index < -0.39 is 12.0 Å². The summed E-state index contributed by atoms with van der Waals surface area (Å²) in [5.41, 5.74) is 5.26. The molecule has 134 valence electrons. The van der Waals surface area contributed by atoms with Crippen LogP contribution in [-0.4, -0.2) is 25.6 Å². The van der Waals surface area contributed by atoms with Gasteiger partial charge in [-0.05, 0) is 35.4 Å². The molecule has 0 bridgehead atoms.